The van der Waals surface area contributed by atoms with E-state index < -0.39 is 0 Å². The van der Waals surface area contributed by atoms with E-state index in [0.29, 0.717) is 26.0 Å². The second-order valence-corrected chi connectivity index (χ2v) is 10.2. The number of hydrogen-bond donors (Lipinski definition) is 2. The summed E-state index contributed by atoms with van der Waals surface area (Å²) < 4.78 is 2.86. The molecule has 162 valence electrons. The van der Waals surface area contributed by atoms with Gasteiger partial charge in [0.2, 0.25) is 5.91 Å². The summed E-state index contributed by atoms with van der Waals surface area (Å²) in [5, 5.41) is 3.37. The first-order valence-corrected chi connectivity index (χ1v) is 12.5. The Morgan fingerprint density at radius 1 is 1.32 bits per heavy atom. The fourth-order valence-corrected chi connectivity index (χ4v) is 5.52. The monoisotopic (exact) mass is 472 g/mol. The van der Waals surface area contributed by atoms with Crippen LogP contribution >= 0.6 is 35.3 Å². The quantitative estimate of drug-likeness (QED) is 0.221. The number of rotatable bonds is 7. The van der Waals surface area contributed by atoms with Gasteiger partial charge in [0, 0.05) is 12.2 Å². The lowest BCUT2D eigenvalue weighted by atomic mass is 9.97. The second-order valence-electron chi connectivity index (χ2n) is 7.56. The molecule has 6 nitrogen and oxygen atoms in total. The van der Waals surface area contributed by atoms with Gasteiger partial charge < -0.3 is 10.3 Å². The first kappa shape index (κ1) is 22.0. The molecule has 0 fully saturated rings. The molecule has 2 heterocycles. The molecular formula is C22H24N4O2S3. The summed E-state index contributed by atoms with van der Waals surface area (Å²) in [6, 6.07) is 7.92. The molecule has 1 amide bonds. The van der Waals surface area contributed by atoms with Gasteiger partial charge in [-0.15, -0.1) is 0 Å². The molecular weight excluding hydrogens is 448 g/mol. The maximum absolute atomic E-state index is 12.6. The predicted octanol–water partition coefficient (Wildman–Crippen LogP) is 4.91. The molecule has 0 spiro atoms. The van der Waals surface area contributed by atoms with Crippen molar-refractivity contribution in [2.75, 3.05) is 12.3 Å². The van der Waals surface area contributed by atoms with E-state index in [1.165, 1.54) is 41.5 Å². The van der Waals surface area contributed by atoms with Crippen LogP contribution < -0.4 is 10.9 Å². The van der Waals surface area contributed by atoms with Gasteiger partial charge in [-0.1, -0.05) is 52.4 Å². The molecule has 0 radical (unpaired) electrons. The summed E-state index contributed by atoms with van der Waals surface area (Å²) >= 11 is 7.95. The molecule has 1 aliphatic carbocycles. The molecule has 1 aliphatic rings. The van der Waals surface area contributed by atoms with Crippen LogP contribution in [0.3, 0.4) is 0 Å². The molecule has 0 bridgehead atoms. The van der Waals surface area contributed by atoms with Crippen molar-refractivity contribution < 1.29 is 4.79 Å². The molecule has 3 aromatic rings. The summed E-state index contributed by atoms with van der Waals surface area (Å²) in [6.07, 6.45) is 8.01. The largest absolute Gasteiger partial charge is 0.355 e. The number of carbonyl (C=O) groups excluding carboxylic acids is 1. The lowest BCUT2D eigenvalue weighted by molar-refractivity contribution is -0.118. The van der Waals surface area contributed by atoms with Crippen molar-refractivity contribution in [3.63, 3.8) is 0 Å². The minimum atomic E-state index is -0.237. The van der Waals surface area contributed by atoms with Crippen molar-refractivity contribution in [1.29, 1.82) is 0 Å². The molecule has 0 aliphatic heterocycles. The zero-order valence-corrected chi connectivity index (χ0v) is 19.7. The molecule has 0 atom stereocenters. The lowest BCUT2D eigenvalue weighted by Gasteiger charge is -2.12. The van der Waals surface area contributed by atoms with Crippen LogP contribution in [0.2, 0.25) is 0 Å². The number of nitrogens with one attached hydrogen (secondary N) is 2. The summed E-state index contributed by atoms with van der Waals surface area (Å²) in [5.41, 5.74) is 3.73. The molecule has 31 heavy (non-hydrogen) atoms. The molecule has 0 unspecified atom stereocenters. The highest BCUT2D eigenvalue weighted by Gasteiger charge is 2.15. The Bertz CT molecular complexity index is 1240. The van der Waals surface area contributed by atoms with Gasteiger partial charge in [-0.3, -0.25) is 14.2 Å². The van der Waals surface area contributed by atoms with Crippen LogP contribution in [0.1, 0.15) is 37.7 Å². The van der Waals surface area contributed by atoms with E-state index in [1.54, 1.807) is 0 Å². The Morgan fingerprint density at radius 3 is 2.87 bits per heavy atom. The predicted molar refractivity (Wildman–Crippen MR) is 130 cm³/mol. The topological polar surface area (TPSA) is 79.8 Å². The highest BCUT2D eigenvalue weighted by atomic mass is 32.2. The number of amides is 1. The Morgan fingerprint density at radius 2 is 2.13 bits per heavy atom. The zero-order chi connectivity index (χ0) is 21.8. The average Bonchev–Trinajstić information content (AvgIpc) is 3.10. The molecule has 0 saturated heterocycles. The number of benzene rings is 1. The van der Waals surface area contributed by atoms with Crippen LogP contribution in [-0.2, 0) is 4.79 Å². The highest BCUT2D eigenvalue weighted by Crippen LogP contribution is 2.25. The molecule has 9 heteroatoms. The van der Waals surface area contributed by atoms with Crippen LogP contribution in [-0.4, -0.2) is 32.7 Å². The van der Waals surface area contributed by atoms with Gasteiger partial charge in [0.25, 0.3) is 5.56 Å². The van der Waals surface area contributed by atoms with Gasteiger partial charge in [0.15, 0.2) is 14.8 Å². The van der Waals surface area contributed by atoms with Gasteiger partial charge in [-0.05, 0) is 63.4 Å². The fraction of sp³-hybridized carbons (Fsp3) is 0.364. The summed E-state index contributed by atoms with van der Waals surface area (Å²) in [4.78, 5) is 32.2. The van der Waals surface area contributed by atoms with Crippen molar-refractivity contribution in [3.05, 3.63) is 55.8 Å². The van der Waals surface area contributed by atoms with Crippen LogP contribution in [0.25, 0.3) is 16.0 Å². The number of nitrogens with zero attached hydrogens (tertiary/aromatic N) is 2. The average molecular weight is 473 g/mol. The number of thioether (sulfide) groups is 1. The Hall–Kier alpha value is -2.23. The fourth-order valence-electron chi connectivity index (χ4n) is 3.56. The minimum absolute atomic E-state index is 0.0650. The SMILES string of the molecule is Cc1ccc(-n2c(=S)sc3c(=O)[nH]c(SCC(=O)NCCC4=CCCCC4)nc32)cc1. The Labute approximate surface area is 193 Å². The highest BCUT2D eigenvalue weighted by molar-refractivity contribution is 7.99. The third-order valence-corrected chi connectivity index (χ3v) is 7.44. The molecule has 2 N–H and O–H groups in total. The maximum atomic E-state index is 12.6. The van der Waals surface area contributed by atoms with Crippen molar-refractivity contribution in [3.8, 4) is 5.69 Å². The normalized spacial score (nSPS) is 13.9. The van der Waals surface area contributed by atoms with E-state index in [-0.39, 0.29) is 17.2 Å². The second kappa shape index (κ2) is 9.93. The number of aromatic amines is 1. The standard InChI is InChI=1S/C22H24N4O2S3/c1-14-7-9-16(10-8-14)26-19-18(31-22(26)29)20(28)25-21(24-19)30-13-17(27)23-12-11-15-5-3-2-4-6-15/h5,7-10H,2-4,6,11-13H2,1H3,(H,23,27)(H,24,25,28). The van der Waals surface area contributed by atoms with Crippen molar-refractivity contribution in [1.82, 2.24) is 19.9 Å². The minimum Gasteiger partial charge on any atom is -0.355 e. The van der Waals surface area contributed by atoms with E-state index >= 15 is 0 Å². The summed E-state index contributed by atoms with van der Waals surface area (Å²) in [7, 11) is 0. The summed E-state index contributed by atoms with van der Waals surface area (Å²) in [6.45, 7) is 2.66. The third kappa shape index (κ3) is 5.34. The van der Waals surface area contributed by atoms with E-state index in [4.69, 9.17) is 12.2 Å². The number of aromatic nitrogens is 3. The van der Waals surface area contributed by atoms with Crippen LogP contribution in [0.5, 0.6) is 0 Å². The molecule has 1 aromatic carbocycles. The van der Waals surface area contributed by atoms with Crippen LogP contribution in [0, 0.1) is 10.9 Å². The first-order valence-electron chi connectivity index (χ1n) is 10.3. The number of hydrogen-bond acceptors (Lipinski definition) is 6. The smallest absolute Gasteiger partial charge is 0.271 e. The lowest BCUT2D eigenvalue weighted by Crippen LogP contribution is -2.26. The number of thiazole rings is 1. The summed E-state index contributed by atoms with van der Waals surface area (Å²) in [5.74, 6) is 0.132. The van der Waals surface area contributed by atoms with Gasteiger partial charge in [-0.25, -0.2) is 4.98 Å². The van der Waals surface area contributed by atoms with E-state index in [2.05, 4.69) is 21.4 Å². The van der Waals surface area contributed by atoms with Crippen molar-refractivity contribution in [2.24, 2.45) is 0 Å². The van der Waals surface area contributed by atoms with E-state index in [9.17, 15) is 9.59 Å². The Kier molecular flexibility index (Phi) is 7.04. The maximum Gasteiger partial charge on any atom is 0.271 e. The molecule has 2 aromatic heterocycles. The molecule has 4 rings (SSSR count). The number of aryl methyl sites for hydroxylation is 1. The molecule has 0 saturated carbocycles. The number of fused-ring (bicyclic) bond motifs is 1. The number of carbonyl (C=O) groups is 1. The van der Waals surface area contributed by atoms with Gasteiger partial charge in [0.1, 0.15) is 4.70 Å². The first-order chi connectivity index (χ1) is 15.0. The van der Waals surface area contributed by atoms with E-state index in [0.717, 1.165) is 30.5 Å². The van der Waals surface area contributed by atoms with Crippen molar-refractivity contribution >= 4 is 51.6 Å². The van der Waals surface area contributed by atoms with Gasteiger partial charge >= 0.3 is 0 Å². The Balaban J connectivity index is 1.45. The van der Waals surface area contributed by atoms with Crippen molar-refractivity contribution in [2.45, 2.75) is 44.2 Å². The zero-order valence-electron chi connectivity index (χ0n) is 17.3. The number of H-pyrrole nitrogens is 1. The van der Waals surface area contributed by atoms with Crippen LogP contribution in [0.4, 0.5) is 0 Å². The van der Waals surface area contributed by atoms with Crippen LogP contribution in [0.15, 0.2) is 45.9 Å². The van der Waals surface area contributed by atoms with Gasteiger partial charge in [-0.2, -0.15) is 0 Å². The van der Waals surface area contributed by atoms with E-state index in [1.807, 2.05) is 35.8 Å². The van der Waals surface area contributed by atoms with Gasteiger partial charge in [0.05, 0.1) is 5.75 Å². The number of allylic oxidation sites excluding steroid dienone is 1. The third-order valence-electron chi connectivity index (χ3n) is 5.21.